The Hall–Kier alpha value is -1.58. The maximum atomic E-state index is 13.7. The van der Waals surface area contributed by atoms with Crippen molar-refractivity contribution in [2.24, 2.45) is 0 Å². The zero-order valence-corrected chi connectivity index (χ0v) is 12.5. The predicted octanol–water partition coefficient (Wildman–Crippen LogP) is 4.86. The molecule has 4 heteroatoms. The minimum atomic E-state index is -0.403. The Balaban J connectivity index is 2.28. The van der Waals surface area contributed by atoms with Crippen LogP contribution in [0, 0.1) is 12.7 Å². The highest BCUT2D eigenvalue weighted by molar-refractivity contribution is 6.32. The molecule has 2 aromatic carbocycles. The SMILES string of the molecule is CNC(C)c1ccc(Oc2cc(C)ccc2F)c(Cl)c1. The zero-order chi connectivity index (χ0) is 14.7. The van der Waals surface area contributed by atoms with Crippen molar-refractivity contribution in [3.63, 3.8) is 0 Å². The van der Waals surface area contributed by atoms with Crippen LogP contribution in [-0.4, -0.2) is 7.05 Å². The van der Waals surface area contributed by atoms with Crippen LogP contribution in [-0.2, 0) is 0 Å². The molecule has 0 aliphatic heterocycles. The van der Waals surface area contributed by atoms with E-state index < -0.39 is 5.82 Å². The summed E-state index contributed by atoms with van der Waals surface area (Å²) in [5.41, 5.74) is 1.98. The number of rotatable bonds is 4. The summed E-state index contributed by atoms with van der Waals surface area (Å²) in [6.07, 6.45) is 0. The van der Waals surface area contributed by atoms with Gasteiger partial charge in [0.2, 0.25) is 0 Å². The van der Waals surface area contributed by atoms with Gasteiger partial charge < -0.3 is 10.1 Å². The van der Waals surface area contributed by atoms with Crippen molar-refractivity contribution >= 4 is 11.6 Å². The molecule has 0 spiro atoms. The van der Waals surface area contributed by atoms with E-state index in [2.05, 4.69) is 5.32 Å². The molecule has 20 heavy (non-hydrogen) atoms. The second-order valence-corrected chi connectivity index (χ2v) is 5.14. The molecule has 0 aliphatic carbocycles. The maximum absolute atomic E-state index is 13.7. The quantitative estimate of drug-likeness (QED) is 0.869. The Morgan fingerprint density at radius 3 is 2.55 bits per heavy atom. The molecule has 1 atom stereocenters. The van der Waals surface area contributed by atoms with E-state index in [1.165, 1.54) is 6.07 Å². The van der Waals surface area contributed by atoms with Gasteiger partial charge in [0.05, 0.1) is 5.02 Å². The zero-order valence-electron chi connectivity index (χ0n) is 11.7. The Kier molecular flexibility index (Phi) is 4.63. The molecule has 0 saturated carbocycles. The van der Waals surface area contributed by atoms with Crippen LogP contribution in [0.3, 0.4) is 0 Å². The van der Waals surface area contributed by atoms with Crippen LogP contribution in [0.4, 0.5) is 4.39 Å². The summed E-state index contributed by atoms with van der Waals surface area (Å²) in [5.74, 6) is 0.226. The van der Waals surface area contributed by atoms with Gasteiger partial charge in [0, 0.05) is 6.04 Å². The monoisotopic (exact) mass is 293 g/mol. The Labute approximate surface area is 123 Å². The second-order valence-electron chi connectivity index (χ2n) is 4.74. The van der Waals surface area contributed by atoms with E-state index in [-0.39, 0.29) is 11.8 Å². The summed E-state index contributed by atoms with van der Waals surface area (Å²) in [5, 5.41) is 3.60. The van der Waals surface area contributed by atoms with E-state index in [1.54, 1.807) is 18.2 Å². The van der Waals surface area contributed by atoms with Gasteiger partial charge in [-0.05, 0) is 56.3 Å². The predicted molar refractivity (Wildman–Crippen MR) is 80.1 cm³/mol. The van der Waals surface area contributed by atoms with Crippen molar-refractivity contribution in [3.8, 4) is 11.5 Å². The standard InChI is InChI=1S/C16H17ClFNO/c1-10-4-6-14(18)16(8-10)20-15-7-5-12(9-13(15)17)11(2)19-3/h4-9,11,19H,1-3H3. The second kappa shape index (κ2) is 6.25. The van der Waals surface area contributed by atoms with E-state index in [4.69, 9.17) is 16.3 Å². The molecule has 1 unspecified atom stereocenters. The molecular formula is C16H17ClFNO. The lowest BCUT2D eigenvalue weighted by Gasteiger charge is -2.14. The van der Waals surface area contributed by atoms with E-state index >= 15 is 0 Å². The van der Waals surface area contributed by atoms with Crippen molar-refractivity contribution in [3.05, 3.63) is 58.4 Å². The first kappa shape index (κ1) is 14.8. The van der Waals surface area contributed by atoms with Crippen molar-refractivity contribution < 1.29 is 9.13 Å². The molecule has 0 radical (unpaired) electrons. The minimum Gasteiger partial charge on any atom is -0.453 e. The number of aryl methyl sites for hydroxylation is 1. The van der Waals surface area contributed by atoms with Gasteiger partial charge in [0.25, 0.3) is 0 Å². The fourth-order valence-corrected chi connectivity index (χ4v) is 2.07. The van der Waals surface area contributed by atoms with Crippen LogP contribution in [0.2, 0.25) is 5.02 Å². The van der Waals surface area contributed by atoms with Gasteiger partial charge in [0.15, 0.2) is 11.6 Å². The summed E-state index contributed by atoms with van der Waals surface area (Å²) < 4.78 is 19.2. The maximum Gasteiger partial charge on any atom is 0.165 e. The first-order valence-electron chi connectivity index (χ1n) is 6.42. The van der Waals surface area contributed by atoms with Gasteiger partial charge in [-0.1, -0.05) is 23.7 Å². The molecule has 2 nitrogen and oxygen atoms in total. The molecule has 0 fully saturated rings. The number of hydrogen-bond acceptors (Lipinski definition) is 2. The molecule has 1 N–H and O–H groups in total. The first-order valence-corrected chi connectivity index (χ1v) is 6.79. The van der Waals surface area contributed by atoms with Crippen molar-refractivity contribution in [1.29, 1.82) is 0 Å². The molecule has 2 rings (SSSR count). The Bertz CT molecular complexity index is 615. The average molecular weight is 294 g/mol. The largest absolute Gasteiger partial charge is 0.453 e. The highest BCUT2D eigenvalue weighted by Gasteiger charge is 2.10. The third kappa shape index (κ3) is 3.30. The summed E-state index contributed by atoms with van der Waals surface area (Å²) in [7, 11) is 1.88. The van der Waals surface area contributed by atoms with Gasteiger partial charge >= 0.3 is 0 Å². The molecule has 0 aliphatic rings. The van der Waals surface area contributed by atoms with Gasteiger partial charge in [-0.15, -0.1) is 0 Å². The van der Waals surface area contributed by atoms with Crippen LogP contribution in [0.1, 0.15) is 24.1 Å². The summed E-state index contributed by atoms with van der Waals surface area (Å²) in [4.78, 5) is 0. The third-order valence-corrected chi connectivity index (χ3v) is 3.49. The van der Waals surface area contributed by atoms with Gasteiger partial charge in [0.1, 0.15) is 5.75 Å². The highest BCUT2D eigenvalue weighted by Crippen LogP contribution is 2.33. The fourth-order valence-electron chi connectivity index (χ4n) is 1.84. The smallest absolute Gasteiger partial charge is 0.165 e. The number of nitrogens with one attached hydrogen (secondary N) is 1. The van der Waals surface area contributed by atoms with E-state index in [0.717, 1.165) is 11.1 Å². The van der Waals surface area contributed by atoms with E-state index in [0.29, 0.717) is 10.8 Å². The molecule has 0 amide bonds. The van der Waals surface area contributed by atoms with Crippen LogP contribution < -0.4 is 10.1 Å². The lowest BCUT2D eigenvalue weighted by molar-refractivity contribution is 0.441. The normalized spacial score (nSPS) is 12.2. The number of hydrogen-bond donors (Lipinski definition) is 1. The number of ether oxygens (including phenoxy) is 1. The van der Waals surface area contributed by atoms with Gasteiger partial charge in [-0.3, -0.25) is 0 Å². The number of halogens is 2. The first-order chi connectivity index (χ1) is 9.51. The van der Waals surface area contributed by atoms with Crippen molar-refractivity contribution in [2.75, 3.05) is 7.05 Å². The van der Waals surface area contributed by atoms with Crippen molar-refractivity contribution in [1.82, 2.24) is 5.32 Å². The van der Waals surface area contributed by atoms with Crippen LogP contribution in [0.25, 0.3) is 0 Å². The van der Waals surface area contributed by atoms with E-state index in [9.17, 15) is 4.39 Å². The van der Waals surface area contributed by atoms with Crippen LogP contribution in [0.5, 0.6) is 11.5 Å². The van der Waals surface area contributed by atoms with Crippen LogP contribution in [0.15, 0.2) is 36.4 Å². The lowest BCUT2D eigenvalue weighted by atomic mass is 10.1. The Morgan fingerprint density at radius 1 is 1.15 bits per heavy atom. The molecule has 0 aromatic heterocycles. The van der Waals surface area contributed by atoms with Gasteiger partial charge in [-0.25, -0.2) is 4.39 Å². The molecule has 106 valence electrons. The molecular weight excluding hydrogens is 277 g/mol. The molecule has 0 saturated heterocycles. The average Bonchev–Trinajstić information content (AvgIpc) is 2.44. The fraction of sp³-hybridized carbons (Fsp3) is 0.250. The number of benzene rings is 2. The highest BCUT2D eigenvalue weighted by atomic mass is 35.5. The molecule has 2 aromatic rings. The topological polar surface area (TPSA) is 21.3 Å². The van der Waals surface area contributed by atoms with Crippen LogP contribution >= 0.6 is 11.6 Å². The minimum absolute atomic E-state index is 0.182. The Morgan fingerprint density at radius 2 is 1.90 bits per heavy atom. The lowest BCUT2D eigenvalue weighted by Crippen LogP contribution is -2.12. The van der Waals surface area contributed by atoms with E-state index in [1.807, 2.05) is 33.0 Å². The summed E-state index contributed by atoms with van der Waals surface area (Å²) in [6.45, 7) is 3.91. The van der Waals surface area contributed by atoms with Crippen molar-refractivity contribution in [2.45, 2.75) is 19.9 Å². The summed E-state index contributed by atoms with van der Waals surface area (Å²) in [6, 6.07) is 10.4. The van der Waals surface area contributed by atoms with Gasteiger partial charge in [-0.2, -0.15) is 0 Å². The summed E-state index contributed by atoms with van der Waals surface area (Å²) >= 11 is 6.20. The molecule has 0 bridgehead atoms. The molecule has 0 heterocycles. The third-order valence-electron chi connectivity index (χ3n) is 3.20.